The second-order valence-electron chi connectivity index (χ2n) is 3.46. The first kappa shape index (κ1) is 13.7. The molecule has 18 heavy (non-hydrogen) atoms. The summed E-state index contributed by atoms with van der Waals surface area (Å²) in [7, 11) is 1.42. The van der Waals surface area contributed by atoms with E-state index in [4.69, 9.17) is 20.5 Å². The van der Waals surface area contributed by atoms with Gasteiger partial charge in [-0.2, -0.15) is 5.26 Å². The van der Waals surface area contributed by atoms with Crippen molar-refractivity contribution >= 4 is 5.69 Å². The molecule has 1 aromatic rings. The minimum Gasteiger partial charge on any atom is -0.496 e. The molecule has 0 aliphatic heterocycles. The fourth-order valence-electron chi connectivity index (χ4n) is 1.25. The Labute approximate surface area is 104 Å². The molecular formula is C11H13N3O4. The van der Waals surface area contributed by atoms with Gasteiger partial charge < -0.3 is 15.2 Å². The molecule has 0 bridgehead atoms. The summed E-state index contributed by atoms with van der Waals surface area (Å²) in [5.41, 5.74) is 5.20. The summed E-state index contributed by atoms with van der Waals surface area (Å²) < 4.78 is 10.1. The molecule has 96 valence electrons. The molecule has 0 aliphatic carbocycles. The summed E-state index contributed by atoms with van der Waals surface area (Å²) in [5, 5.41) is 19.3. The van der Waals surface area contributed by atoms with Gasteiger partial charge in [-0.15, -0.1) is 0 Å². The van der Waals surface area contributed by atoms with E-state index in [1.165, 1.54) is 19.2 Å². The molecule has 1 atom stereocenters. The molecule has 0 aromatic heterocycles. The van der Waals surface area contributed by atoms with Gasteiger partial charge in [-0.25, -0.2) is 0 Å². The smallest absolute Gasteiger partial charge is 0.314 e. The molecule has 1 unspecified atom stereocenters. The van der Waals surface area contributed by atoms with Gasteiger partial charge in [-0.3, -0.25) is 10.1 Å². The Kier molecular flexibility index (Phi) is 4.90. The number of rotatable bonds is 6. The minimum absolute atomic E-state index is 0.130. The summed E-state index contributed by atoms with van der Waals surface area (Å²) in [6, 6.07) is 5.51. The Morgan fingerprint density at radius 2 is 2.33 bits per heavy atom. The number of nitrogens with zero attached hydrogens (tertiary/aromatic N) is 2. The average molecular weight is 251 g/mol. The van der Waals surface area contributed by atoms with Crippen molar-refractivity contribution in [2.75, 3.05) is 13.7 Å². The Morgan fingerprint density at radius 3 is 2.89 bits per heavy atom. The van der Waals surface area contributed by atoms with Crippen LogP contribution in [0.15, 0.2) is 18.2 Å². The van der Waals surface area contributed by atoms with Gasteiger partial charge in [0.1, 0.15) is 5.75 Å². The molecule has 0 amide bonds. The number of nitriles is 1. The highest BCUT2D eigenvalue weighted by Gasteiger charge is 2.16. The van der Waals surface area contributed by atoms with Gasteiger partial charge in [-0.05, 0) is 12.1 Å². The fourth-order valence-corrected chi connectivity index (χ4v) is 1.25. The molecular weight excluding hydrogens is 238 g/mol. The van der Waals surface area contributed by atoms with E-state index in [0.717, 1.165) is 0 Å². The highest BCUT2D eigenvalue weighted by atomic mass is 16.6. The molecule has 1 aromatic carbocycles. The number of nitrogens with two attached hydrogens (primary N) is 1. The fraction of sp³-hybridized carbons (Fsp3) is 0.364. The summed E-state index contributed by atoms with van der Waals surface area (Å²) in [6.07, 6.45) is 0.305. The third-order valence-electron chi connectivity index (χ3n) is 2.22. The van der Waals surface area contributed by atoms with E-state index in [-0.39, 0.29) is 18.0 Å². The summed E-state index contributed by atoms with van der Waals surface area (Å²) in [6.45, 7) is 0.141. The van der Waals surface area contributed by atoms with Crippen molar-refractivity contribution in [2.45, 2.75) is 12.5 Å². The monoisotopic (exact) mass is 251 g/mol. The second-order valence-corrected chi connectivity index (χ2v) is 3.46. The van der Waals surface area contributed by atoms with Crippen molar-refractivity contribution in [3.8, 4) is 17.6 Å². The first-order valence-electron chi connectivity index (χ1n) is 5.19. The van der Waals surface area contributed by atoms with E-state index >= 15 is 0 Å². The molecule has 0 saturated carbocycles. The zero-order valence-electron chi connectivity index (χ0n) is 9.83. The van der Waals surface area contributed by atoms with Gasteiger partial charge in [0.2, 0.25) is 0 Å². The lowest BCUT2D eigenvalue weighted by molar-refractivity contribution is -0.385. The highest BCUT2D eigenvalue weighted by Crippen LogP contribution is 2.31. The first-order chi connectivity index (χ1) is 8.58. The van der Waals surface area contributed by atoms with Gasteiger partial charge in [0, 0.05) is 6.42 Å². The third kappa shape index (κ3) is 3.61. The molecule has 7 nitrogen and oxygen atoms in total. The van der Waals surface area contributed by atoms with Crippen LogP contribution in [-0.2, 0) is 0 Å². The number of methoxy groups -OCH3 is 1. The van der Waals surface area contributed by atoms with E-state index in [0.29, 0.717) is 12.2 Å². The number of nitro groups is 1. The quantitative estimate of drug-likeness (QED) is 0.601. The molecule has 0 spiro atoms. The van der Waals surface area contributed by atoms with Crippen molar-refractivity contribution in [1.82, 2.24) is 0 Å². The van der Waals surface area contributed by atoms with Crippen LogP contribution in [0.25, 0.3) is 0 Å². The Balaban J connectivity index is 2.76. The van der Waals surface area contributed by atoms with Crippen LogP contribution in [0.1, 0.15) is 6.42 Å². The maximum Gasteiger partial charge on any atom is 0.314 e. The Morgan fingerprint density at radius 1 is 1.61 bits per heavy atom. The maximum atomic E-state index is 10.8. The number of hydrogen-bond acceptors (Lipinski definition) is 6. The summed E-state index contributed by atoms with van der Waals surface area (Å²) in [5.74, 6) is 0.508. The van der Waals surface area contributed by atoms with Crippen LogP contribution >= 0.6 is 0 Å². The standard InChI is InChI=1S/C11H13N3O4/c1-17-9-2-3-11(10(6-9)14(15)16)18-5-4-8(13)7-12/h2-3,6,8H,4-5,13H2,1H3. The second kappa shape index (κ2) is 6.42. The van der Waals surface area contributed by atoms with Gasteiger partial charge in [0.05, 0.1) is 36.8 Å². The van der Waals surface area contributed by atoms with Crippen LogP contribution in [0.2, 0.25) is 0 Å². The first-order valence-corrected chi connectivity index (χ1v) is 5.19. The molecule has 1 rings (SSSR count). The molecule has 0 fully saturated rings. The molecule has 2 N–H and O–H groups in total. The van der Waals surface area contributed by atoms with Crippen LogP contribution < -0.4 is 15.2 Å². The number of benzene rings is 1. The van der Waals surface area contributed by atoms with Crippen molar-refractivity contribution in [1.29, 1.82) is 5.26 Å². The molecule has 7 heteroatoms. The van der Waals surface area contributed by atoms with E-state index in [1.54, 1.807) is 6.07 Å². The van der Waals surface area contributed by atoms with Crippen molar-refractivity contribution in [3.63, 3.8) is 0 Å². The average Bonchev–Trinajstić information content (AvgIpc) is 2.38. The lowest BCUT2D eigenvalue weighted by Crippen LogP contribution is -2.20. The third-order valence-corrected chi connectivity index (χ3v) is 2.22. The van der Waals surface area contributed by atoms with Gasteiger partial charge >= 0.3 is 5.69 Å². The highest BCUT2D eigenvalue weighted by molar-refractivity contribution is 5.50. The lowest BCUT2D eigenvalue weighted by Gasteiger charge is -2.08. The van der Waals surface area contributed by atoms with Crippen LogP contribution in [0.3, 0.4) is 0 Å². The van der Waals surface area contributed by atoms with Crippen LogP contribution in [0.5, 0.6) is 11.5 Å². The van der Waals surface area contributed by atoms with Crippen LogP contribution in [-0.4, -0.2) is 24.7 Å². The zero-order chi connectivity index (χ0) is 13.5. The predicted octanol–water partition coefficient (Wildman–Crippen LogP) is 1.22. The van der Waals surface area contributed by atoms with Crippen LogP contribution in [0, 0.1) is 21.4 Å². The Bertz CT molecular complexity index is 470. The minimum atomic E-state index is -0.637. The number of nitro benzene ring substituents is 1. The van der Waals surface area contributed by atoms with E-state index in [1.807, 2.05) is 6.07 Å². The number of hydrogen-bond donors (Lipinski definition) is 1. The normalized spacial score (nSPS) is 11.4. The van der Waals surface area contributed by atoms with E-state index in [9.17, 15) is 10.1 Å². The largest absolute Gasteiger partial charge is 0.496 e. The molecule has 0 radical (unpaired) electrons. The summed E-state index contributed by atoms with van der Waals surface area (Å²) >= 11 is 0. The van der Waals surface area contributed by atoms with Gasteiger partial charge in [0.25, 0.3) is 0 Å². The predicted molar refractivity (Wildman–Crippen MR) is 63.3 cm³/mol. The van der Waals surface area contributed by atoms with Crippen molar-refractivity contribution < 1.29 is 14.4 Å². The van der Waals surface area contributed by atoms with E-state index in [2.05, 4.69) is 0 Å². The van der Waals surface area contributed by atoms with Gasteiger partial charge in [0.15, 0.2) is 5.75 Å². The van der Waals surface area contributed by atoms with Crippen molar-refractivity contribution in [2.24, 2.45) is 5.73 Å². The summed E-state index contributed by atoms with van der Waals surface area (Å²) in [4.78, 5) is 10.3. The lowest BCUT2D eigenvalue weighted by atomic mass is 10.2. The topological polar surface area (TPSA) is 111 Å². The number of ether oxygens (including phenoxy) is 2. The molecule has 0 aliphatic rings. The van der Waals surface area contributed by atoms with Gasteiger partial charge in [-0.1, -0.05) is 0 Å². The maximum absolute atomic E-state index is 10.8. The molecule has 0 saturated heterocycles. The van der Waals surface area contributed by atoms with E-state index < -0.39 is 11.0 Å². The van der Waals surface area contributed by atoms with Crippen molar-refractivity contribution in [3.05, 3.63) is 28.3 Å². The van der Waals surface area contributed by atoms with Crippen LogP contribution in [0.4, 0.5) is 5.69 Å². The zero-order valence-corrected chi connectivity index (χ0v) is 9.83. The molecule has 0 heterocycles. The SMILES string of the molecule is COc1ccc(OCCC(N)C#N)c([N+](=O)[O-])c1. The Hall–Kier alpha value is -2.33.